The van der Waals surface area contributed by atoms with Crippen molar-refractivity contribution in [3.05, 3.63) is 47.3 Å². The SMILES string of the molecule is Cc1cc(CNC(=O)c2cccc(S(=O)(=O)N[C@@H]3CCOC3)c2)n(C)n1. The number of benzene rings is 1. The second-order valence-corrected chi connectivity index (χ2v) is 8.01. The van der Waals surface area contributed by atoms with Crippen molar-refractivity contribution in [3.8, 4) is 0 Å². The Labute approximate surface area is 152 Å². The van der Waals surface area contributed by atoms with Gasteiger partial charge in [0.1, 0.15) is 0 Å². The zero-order valence-corrected chi connectivity index (χ0v) is 15.5. The van der Waals surface area contributed by atoms with Gasteiger partial charge in [-0.05, 0) is 37.6 Å². The quantitative estimate of drug-likeness (QED) is 0.771. The molecule has 1 aliphatic heterocycles. The molecule has 2 heterocycles. The predicted molar refractivity (Wildman–Crippen MR) is 95.1 cm³/mol. The van der Waals surface area contributed by atoms with Gasteiger partial charge in [-0.1, -0.05) is 6.07 Å². The molecule has 1 aromatic carbocycles. The van der Waals surface area contributed by atoms with Gasteiger partial charge in [0.25, 0.3) is 5.91 Å². The van der Waals surface area contributed by atoms with Gasteiger partial charge in [0.05, 0.1) is 29.4 Å². The van der Waals surface area contributed by atoms with Crippen molar-refractivity contribution in [2.24, 2.45) is 7.05 Å². The number of amides is 1. The number of ether oxygens (including phenoxy) is 1. The monoisotopic (exact) mass is 378 g/mol. The van der Waals surface area contributed by atoms with Crippen LogP contribution in [0.2, 0.25) is 0 Å². The summed E-state index contributed by atoms with van der Waals surface area (Å²) in [5, 5.41) is 7.01. The third-order valence-corrected chi connectivity index (χ3v) is 5.71. The Morgan fingerprint density at radius 1 is 1.38 bits per heavy atom. The van der Waals surface area contributed by atoms with Crippen molar-refractivity contribution in [3.63, 3.8) is 0 Å². The van der Waals surface area contributed by atoms with Crippen molar-refractivity contribution in [1.29, 1.82) is 0 Å². The Kier molecular flexibility index (Phi) is 5.40. The molecule has 1 fully saturated rings. The van der Waals surface area contributed by atoms with Gasteiger partial charge in [0.15, 0.2) is 0 Å². The summed E-state index contributed by atoms with van der Waals surface area (Å²) >= 11 is 0. The average Bonchev–Trinajstić information content (AvgIpc) is 3.21. The number of aryl methyl sites for hydroxylation is 2. The van der Waals surface area contributed by atoms with E-state index < -0.39 is 10.0 Å². The molecule has 2 aromatic rings. The summed E-state index contributed by atoms with van der Waals surface area (Å²) in [6.45, 7) is 3.10. The molecule has 1 aromatic heterocycles. The lowest BCUT2D eigenvalue weighted by Crippen LogP contribution is -2.35. The molecule has 1 aliphatic rings. The molecule has 26 heavy (non-hydrogen) atoms. The molecule has 0 radical (unpaired) electrons. The lowest BCUT2D eigenvalue weighted by atomic mass is 10.2. The number of carbonyl (C=O) groups is 1. The van der Waals surface area contributed by atoms with E-state index >= 15 is 0 Å². The highest BCUT2D eigenvalue weighted by atomic mass is 32.2. The smallest absolute Gasteiger partial charge is 0.251 e. The van der Waals surface area contributed by atoms with Crippen molar-refractivity contribution in [1.82, 2.24) is 19.8 Å². The summed E-state index contributed by atoms with van der Waals surface area (Å²) in [5.41, 5.74) is 2.02. The van der Waals surface area contributed by atoms with E-state index in [1.807, 2.05) is 13.0 Å². The van der Waals surface area contributed by atoms with Crippen LogP contribution in [0.25, 0.3) is 0 Å². The zero-order valence-electron chi connectivity index (χ0n) is 14.7. The van der Waals surface area contributed by atoms with Gasteiger partial charge in [0, 0.05) is 25.3 Å². The fourth-order valence-corrected chi connectivity index (χ4v) is 4.12. The largest absolute Gasteiger partial charge is 0.380 e. The normalized spacial score (nSPS) is 17.4. The van der Waals surface area contributed by atoms with Crippen LogP contribution in [-0.4, -0.2) is 43.4 Å². The number of nitrogens with zero attached hydrogens (tertiary/aromatic N) is 2. The van der Waals surface area contributed by atoms with Crippen LogP contribution in [-0.2, 0) is 28.4 Å². The first-order chi connectivity index (χ1) is 12.3. The van der Waals surface area contributed by atoms with Crippen LogP contribution in [0.5, 0.6) is 0 Å². The van der Waals surface area contributed by atoms with Crippen LogP contribution in [0.1, 0.15) is 28.2 Å². The molecule has 9 heteroatoms. The minimum Gasteiger partial charge on any atom is -0.380 e. The fraction of sp³-hybridized carbons (Fsp3) is 0.412. The summed E-state index contributed by atoms with van der Waals surface area (Å²) in [5.74, 6) is -0.342. The summed E-state index contributed by atoms with van der Waals surface area (Å²) < 4.78 is 34.5. The Hall–Kier alpha value is -2.23. The Morgan fingerprint density at radius 3 is 2.85 bits per heavy atom. The van der Waals surface area contributed by atoms with Crippen molar-refractivity contribution in [2.75, 3.05) is 13.2 Å². The lowest BCUT2D eigenvalue weighted by molar-refractivity contribution is 0.0950. The summed E-state index contributed by atoms with van der Waals surface area (Å²) in [6, 6.07) is 7.64. The topological polar surface area (TPSA) is 102 Å². The van der Waals surface area contributed by atoms with Crippen LogP contribution < -0.4 is 10.0 Å². The maximum atomic E-state index is 12.5. The number of rotatable bonds is 6. The molecular formula is C17H22N4O4S. The minimum absolute atomic E-state index is 0.0634. The third kappa shape index (κ3) is 4.29. The first kappa shape index (κ1) is 18.6. The fourth-order valence-electron chi connectivity index (χ4n) is 2.82. The molecule has 140 valence electrons. The highest BCUT2D eigenvalue weighted by Gasteiger charge is 2.24. The highest BCUT2D eigenvalue weighted by Crippen LogP contribution is 2.14. The summed E-state index contributed by atoms with van der Waals surface area (Å²) in [4.78, 5) is 12.4. The third-order valence-electron chi connectivity index (χ3n) is 4.19. The van der Waals surface area contributed by atoms with E-state index in [9.17, 15) is 13.2 Å². The van der Waals surface area contributed by atoms with Crippen LogP contribution in [0.4, 0.5) is 0 Å². The molecule has 0 bridgehead atoms. The molecule has 0 aliphatic carbocycles. The van der Waals surface area contributed by atoms with Gasteiger partial charge >= 0.3 is 0 Å². The standard InChI is InChI=1S/C17H22N4O4S/c1-12-8-15(21(2)19-12)10-18-17(22)13-4-3-5-16(9-13)26(23,24)20-14-6-7-25-11-14/h3-5,8-9,14,20H,6-7,10-11H2,1-2H3,(H,18,22)/t14-/m1/s1. The lowest BCUT2D eigenvalue weighted by Gasteiger charge is -2.12. The van der Waals surface area contributed by atoms with Gasteiger partial charge < -0.3 is 10.1 Å². The number of nitrogens with one attached hydrogen (secondary N) is 2. The number of sulfonamides is 1. The first-order valence-electron chi connectivity index (χ1n) is 8.33. The molecule has 1 saturated heterocycles. The van der Waals surface area contributed by atoms with Gasteiger partial charge in [-0.3, -0.25) is 9.48 Å². The van der Waals surface area contributed by atoms with Crippen LogP contribution >= 0.6 is 0 Å². The van der Waals surface area contributed by atoms with Gasteiger partial charge in [-0.15, -0.1) is 0 Å². The van der Waals surface area contributed by atoms with Crippen molar-refractivity contribution in [2.45, 2.75) is 30.8 Å². The Bertz CT molecular complexity index is 901. The van der Waals surface area contributed by atoms with Gasteiger partial charge in [0.2, 0.25) is 10.0 Å². The molecule has 0 saturated carbocycles. The first-order valence-corrected chi connectivity index (χ1v) is 9.81. The van der Waals surface area contributed by atoms with Crippen molar-refractivity contribution >= 4 is 15.9 Å². The van der Waals surface area contributed by atoms with E-state index in [4.69, 9.17) is 4.74 Å². The molecular weight excluding hydrogens is 356 g/mol. The summed E-state index contributed by atoms with van der Waals surface area (Å²) in [7, 11) is -1.89. The van der Waals surface area contributed by atoms with E-state index in [1.165, 1.54) is 12.1 Å². The molecule has 0 spiro atoms. The number of hydrogen-bond donors (Lipinski definition) is 2. The van der Waals surface area contributed by atoms with Crippen LogP contribution in [0.3, 0.4) is 0 Å². The zero-order chi connectivity index (χ0) is 18.7. The molecule has 2 N–H and O–H groups in total. The van der Waals surface area contributed by atoms with E-state index in [0.29, 0.717) is 26.2 Å². The van der Waals surface area contributed by atoms with Gasteiger partial charge in [-0.2, -0.15) is 5.10 Å². The highest BCUT2D eigenvalue weighted by molar-refractivity contribution is 7.89. The van der Waals surface area contributed by atoms with E-state index in [-0.39, 0.29) is 22.4 Å². The summed E-state index contributed by atoms with van der Waals surface area (Å²) in [6.07, 6.45) is 0.642. The van der Waals surface area contributed by atoms with E-state index in [0.717, 1.165) is 11.4 Å². The molecule has 0 unspecified atom stereocenters. The number of carbonyl (C=O) groups excluding carboxylic acids is 1. The maximum absolute atomic E-state index is 12.5. The Balaban J connectivity index is 1.69. The Morgan fingerprint density at radius 2 is 2.19 bits per heavy atom. The molecule has 8 nitrogen and oxygen atoms in total. The average molecular weight is 378 g/mol. The molecule has 3 rings (SSSR count). The van der Waals surface area contributed by atoms with E-state index in [2.05, 4.69) is 15.1 Å². The second kappa shape index (κ2) is 7.56. The predicted octanol–water partition coefficient (Wildman–Crippen LogP) is 0.726. The van der Waals surface area contributed by atoms with Crippen LogP contribution in [0.15, 0.2) is 35.2 Å². The molecule has 1 atom stereocenters. The number of aromatic nitrogens is 2. The van der Waals surface area contributed by atoms with Crippen molar-refractivity contribution < 1.29 is 17.9 Å². The van der Waals surface area contributed by atoms with Gasteiger partial charge in [-0.25, -0.2) is 13.1 Å². The van der Waals surface area contributed by atoms with Crippen LogP contribution in [0, 0.1) is 6.92 Å². The number of hydrogen-bond acceptors (Lipinski definition) is 5. The molecule has 1 amide bonds. The minimum atomic E-state index is -3.69. The second-order valence-electron chi connectivity index (χ2n) is 6.29. The maximum Gasteiger partial charge on any atom is 0.251 e. The van der Waals surface area contributed by atoms with E-state index in [1.54, 1.807) is 23.9 Å².